The van der Waals surface area contributed by atoms with Gasteiger partial charge in [-0.05, 0) is 30.3 Å². The van der Waals surface area contributed by atoms with Gasteiger partial charge in [-0.25, -0.2) is 4.39 Å². The Morgan fingerprint density at radius 3 is 2.70 bits per heavy atom. The summed E-state index contributed by atoms with van der Waals surface area (Å²) in [5.41, 5.74) is 6.78. The van der Waals surface area contributed by atoms with Gasteiger partial charge in [0.1, 0.15) is 29.8 Å². The Kier molecular flexibility index (Phi) is 4.20. The van der Waals surface area contributed by atoms with Gasteiger partial charge in [-0.3, -0.25) is 5.41 Å². The van der Waals surface area contributed by atoms with Gasteiger partial charge in [0, 0.05) is 17.2 Å². The number of nitrogens with two attached hydrogens (primary N) is 1. The third-order valence-electron chi connectivity index (χ3n) is 2.78. The Hall–Kier alpha value is -2.56. The third kappa shape index (κ3) is 3.26. The van der Waals surface area contributed by atoms with E-state index in [2.05, 4.69) is 0 Å². The van der Waals surface area contributed by atoms with Crippen LogP contribution in [0.3, 0.4) is 0 Å². The first kappa shape index (κ1) is 13.9. The summed E-state index contributed by atoms with van der Waals surface area (Å²) in [6.07, 6.45) is 0. The SMILES string of the molecule is COc1ccc(C(=N)N)cc1COc1cccc(F)c1. The summed E-state index contributed by atoms with van der Waals surface area (Å²) in [7, 11) is 1.55. The summed E-state index contributed by atoms with van der Waals surface area (Å²) in [6.45, 7) is 0.202. The number of nitrogens with one attached hydrogen (secondary N) is 1. The maximum atomic E-state index is 13.1. The van der Waals surface area contributed by atoms with Crippen LogP contribution in [0.5, 0.6) is 11.5 Å². The molecule has 0 bridgehead atoms. The lowest BCUT2D eigenvalue weighted by atomic mass is 10.1. The molecule has 2 aromatic carbocycles. The molecule has 0 unspecified atom stereocenters. The molecular weight excluding hydrogens is 259 g/mol. The van der Waals surface area contributed by atoms with Gasteiger partial charge in [-0.15, -0.1) is 0 Å². The number of nitrogen functional groups attached to an aromatic ring is 1. The fourth-order valence-electron chi connectivity index (χ4n) is 1.78. The Balaban J connectivity index is 2.19. The number of hydrogen-bond donors (Lipinski definition) is 2. The van der Waals surface area contributed by atoms with Crippen LogP contribution < -0.4 is 15.2 Å². The molecule has 0 saturated carbocycles. The van der Waals surface area contributed by atoms with Crippen LogP contribution in [0.2, 0.25) is 0 Å². The van der Waals surface area contributed by atoms with Crippen molar-refractivity contribution in [2.45, 2.75) is 6.61 Å². The summed E-state index contributed by atoms with van der Waals surface area (Å²) < 4.78 is 23.8. The molecule has 0 fully saturated rings. The van der Waals surface area contributed by atoms with E-state index in [-0.39, 0.29) is 18.3 Å². The number of benzene rings is 2. The van der Waals surface area contributed by atoms with Crippen molar-refractivity contribution in [2.24, 2.45) is 5.73 Å². The van der Waals surface area contributed by atoms with Gasteiger partial charge in [-0.2, -0.15) is 0 Å². The van der Waals surface area contributed by atoms with Crippen LogP contribution in [0.25, 0.3) is 0 Å². The molecule has 3 N–H and O–H groups in total. The zero-order valence-corrected chi connectivity index (χ0v) is 11.0. The van der Waals surface area contributed by atoms with Crippen molar-refractivity contribution in [1.29, 1.82) is 5.41 Å². The Labute approximate surface area is 116 Å². The monoisotopic (exact) mass is 274 g/mol. The van der Waals surface area contributed by atoms with Crippen molar-refractivity contribution in [2.75, 3.05) is 7.11 Å². The van der Waals surface area contributed by atoms with Gasteiger partial charge < -0.3 is 15.2 Å². The minimum absolute atomic E-state index is 0.0281. The number of halogens is 1. The minimum atomic E-state index is -0.355. The molecular formula is C15H15FN2O2. The maximum Gasteiger partial charge on any atom is 0.126 e. The standard InChI is InChI=1S/C15H15FN2O2/c1-19-14-6-5-10(15(17)18)7-11(14)9-20-13-4-2-3-12(16)8-13/h2-8H,9H2,1H3,(H3,17,18). The molecule has 0 saturated heterocycles. The average molecular weight is 274 g/mol. The van der Waals surface area contributed by atoms with Gasteiger partial charge in [0.25, 0.3) is 0 Å². The Morgan fingerprint density at radius 2 is 2.05 bits per heavy atom. The molecule has 4 nitrogen and oxygen atoms in total. The van der Waals surface area contributed by atoms with E-state index in [1.165, 1.54) is 12.1 Å². The van der Waals surface area contributed by atoms with Crippen molar-refractivity contribution in [1.82, 2.24) is 0 Å². The lowest BCUT2D eigenvalue weighted by Gasteiger charge is -2.12. The first-order valence-corrected chi connectivity index (χ1v) is 6.00. The van der Waals surface area contributed by atoms with E-state index in [0.717, 1.165) is 5.56 Å². The molecule has 0 aliphatic heterocycles. The Bertz CT molecular complexity index is 629. The van der Waals surface area contributed by atoms with Gasteiger partial charge >= 0.3 is 0 Å². The van der Waals surface area contributed by atoms with Gasteiger partial charge in [0.2, 0.25) is 0 Å². The fourth-order valence-corrected chi connectivity index (χ4v) is 1.78. The van der Waals surface area contributed by atoms with E-state index < -0.39 is 0 Å². The molecule has 2 rings (SSSR count). The van der Waals surface area contributed by atoms with Gasteiger partial charge in [-0.1, -0.05) is 6.07 Å². The number of amidine groups is 1. The van der Waals surface area contributed by atoms with Crippen LogP contribution >= 0.6 is 0 Å². The van der Waals surface area contributed by atoms with E-state index >= 15 is 0 Å². The van der Waals surface area contributed by atoms with Crippen LogP contribution in [-0.4, -0.2) is 12.9 Å². The summed E-state index contributed by atoms with van der Waals surface area (Å²) in [6, 6.07) is 11.1. The average Bonchev–Trinajstić information content (AvgIpc) is 2.44. The van der Waals surface area contributed by atoms with Crippen LogP contribution in [0.1, 0.15) is 11.1 Å². The molecule has 2 aromatic rings. The number of rotatable bonds is 5. The highest BCUT2D eigenvalue weighted by Gasteiger charge is 2.07. The zero-order valence-electron chi connectivity index (χ0n) is 11.0. The highest BCUT2D eigenvalue weighted by atomic mass is 19.1. The van der Waals surface area contributed by atoms with Gasteiger partial charge in [0.05, 0.1) is 7.11 Å². The molecule has 0 spiro atoms. The summed E-state index contributed by atoms with van der Waals surface area (Å²) in [5.74, 6) is 0.679. The maximum absolute atomic E-state index is 13.1. The summed E-state index contributed by atoms with van der Waals surface area (Å²) in [5, 5.41) is 7.43. The highest BCUT2D eigenvalue weighted by Crippen LogP contribution is 2.22. The third-order valence-corrected chi connectivity index (χ3v) is 2.78. The normalized spacial score (nSPS) is 10.1. The van der Waals surface area contributed by atoms with E-state index in [1.54, 1.807) is 37.4 Å². The number of ether oxygens (including phenoxy) is 2. The molecule has 0 aromatic heterocycles. The zero-order chi connectivity index (χ0) is 14.5. The first-order chi connectivity index (χ1) is 9.60. The van der Waals surface area contributed by atoms with E-state index in [4.69, 9.17) is 20.6 Å². The molecule has 104 valence electrons. The lowest BCUT2D eigenvalue weighted by Crippen LogP contribution is -2.12. The minimum Gasteiger partial charge on any atom is -0.496 e. The van der Waals surface area contributed by atoms with Crippen molar-refractivity contribution >= 4 is 5.84 Å². The lowest BCUT2D eigenvalue weighted by molar-refractivity contribution is 0.295. The highest BCUT2D eigenvalue weighted by molar-refractivity contribution is 5.95. The quantitative estimate of drug-likeness (QED) is 0.650. The molecule has 0 aliphatic carbocycles. The Morgan fingerprint density at radius 1 is 1.25 bits per heavy atom. The number of methoxy groups -OCH3 is 1. The summed E-state index contributed by atoms with van der Waals surface area (Å²) >= 11 is 0. The second-order valence-corrected chi connectivity index (χ2v) is 4.19. The molecule has 0 amide bonds. The topological polar surface area (TPSA) is 68.3 Å². The van der Waals surface area contributed by atoms with E-state index in [9.17, 15) is 4.39 Å². The van der Waals surface area contributed by atoms with Crippen LogP contribution in [0.4, 0.5) is 4.39 Å². The predicted molar refractivity (Wildman–Crippen MR) is 74.7 cm³/mol. The molecule has 5 heteroatoms. The molecule has 0 heterocycles. The van der Waals surface area contributed by atoms with Crippen LogP contribution in [-0.2, 0) is 6.61 Å². The molecule has 0 aliphatic rings. The molecule has 0 atom stereocenters. The van der Waals surface area contributed by atoms with Crippen molar-refractivity contribution in [3.05, 3.63) is 59.4 Å². The first-order valence-electron chi connectivity index (χ1n) is 6.00. The smallest absolute Gasteiger partial charge is 0.126 e. The number of hydrogen-bond acceptors (Lipinski definition) is 3. The second kappa shape index (κ2) is 6.06. The van der Waals surface area contributed by atoms with Crippen LogP contribution in [0.15, 0.2) is 42.5 Å². The molecule has 20 heavy (non-hydrogen) atoms. The van der Waals surface area contributed by atoms with Crippen molar-refractivity contribution < 1.29 is 13.9 Å². The van der Waals surface area contributed by atoms with Crippen molar-refractivity contribution in [3.8, 4) is 11.5 Å². The van der Waals surface area contributed by atoms with E-state index in [1.807, 2.05) is 0 Å². The predicted octanol–water partition coefficient (Wildman–Crippen LogP) is 2.70. The van der Waals surface area contributed by atoms with Crippen molar-refractivity contribution in [3.63, 3.8) is 0 Å². The summed E-state index contributed by atoms with van der Waals surface area (Å²) in [4.78, 5) is 0. The second-order valence-electron chi connectivity index (χ2n) is 4.19. The van der Waals surface area contributed by atoms with Gasteiger partial charge in [0.15, 0.2) is 0 Å². The fraction of sp³-hybridized carbons (Fsp3) is 0.133. The van der Waals surface area contributed by atoms with Crippen LogP contribution in [0, 0.1) is 11.2 Å². The largest absolute Gasteiger partial charge is 0.496 e. The van der Waals surface area contributed by atoms with E-state index in [0.29, 0.717) is 17.1 Å². The molecule has 0 radical (unpaired) electrons.